The number of nitrogens with two attached hydrogens (primary N) is 1. The van der Waals surface area contributed by atoms with Gasteiger partial charge in [-0.25, -0.2) is 4.79 Å². The van der Waals surface area contributed by atoms with Gasteiger partial charge in [-0.15, -0.1) is 0 Å². The summed E-state index contributed by atoms with van der Waals surface area (Å²) in [6, 6.07) is 0. The van der Waals surface area contributed by atoms with E-state index in [0.717, 1.165) is 19.3 Å². The molecule has 0 unspecified atom stereocenters. The lowest BCUT2D eigenvalue weighted by atomic mass is 10.1. The Bertz CT molecular complexity index is 264. The highest BCUT2D eigenvalue weighted by atomic mass is 16.5. The van der Waals surface area contributed by atoms with Crippen LogP contribution in [0.5, 0.6) is 0 Å². The minimum Gasteiger partial charge on any atom is -0.479 e. The van der Waals surface area contributed by atoms with Gasteiger partial charge in [0.2, 0.25) is 0 Å². The second kappa shape index (κ2) is 14.2. The molecule has 118 valence electrons. The van der Waals surface area contributed by atoms with Gasteiger partial charge in [-0.3, -0.25) is 0 Å². The van der Waals surface area contributed by atoms with E-state index >= 15 is 0 Å². The van der Waals surface area contributed by atoms with Crippen LogP contribution in [-0.2, 0) is 14.3 Å². The fourth-order valence-corrected chi connectivity index (χ4v) is 1.83. The highest BCUT2D eigenvalue weighted by molar-refractivity contribution is 5.82. The van der Waals surface area contributed by atoms with Gasteiger partial charge in [0.05, 0.1) is 19.3 Å². The van der Waals surface area contributed by atoms with Crippen molar-refractivity contribution in [3.63, 3.8) is 0 Å². The first-order valence-corrected chi connectivity index (χ1v) is 7.97. The molecule has 0 amide bonds. The molecule has 4 heteroatoms. The SMILES string of the molecule is CCCCCCCCCCOC(=O)/C=C(/N)OCCC. The van der Waals surface area contributed by atoms with E-state index in [2.05, 4.69) is 6.92 Å². The summed E-state index contributed by atoms with van der Waals surface area (Å²) >= 11 is 0. The second-order valence-corrected chi connectivity index (χ2v) is 5.04. The van der Waals surface area contributed by atoms with Gasteiger partial charge in [0.25, 0.3) is 0 Å². The molecule has 20 heavy (non-hydrogen) atoms. The van der Waals surface area contributed by atoms with E-state index < -0.39 is 5.97 Å². The minimum absolute atomic E-state index is 0.132. The largest absolute Gasteiger partial charge is 0.479 e. The summed E-state index contributed by atoms with van der Waals surface area (Å²) in [6.07, 6.45) is 11.9. The summed E-state index contributed by atoms with van der Waals surface area (Å²) in [5.41, 5.74) is 5.51. The maximum Gasteiger partial charge on any atom is 0.336 e. The Kier molecular flexibility index (Phi) is 13.4. The van der Waals surface area contributed by atoms with E-state index in [9.17, 15) is 4.79 Å². The van der Waals surface area contributed by atoms with Gasteiger partial charge in [-0.05, 0) is 12.8 Å². The standard InChI is InChI=1S/C16H31NO3/c1-3-5-6-7-8-9-10-11-13-20-16(18)14-15(17)19-12-4-2/h14H,3-13,17H2,1-2H3/b15-14-. The maximum absolute atomic E-state index is 11.4. The van der Waals surface area contributed by atoms with Crippen LogP contribution in [0.2, 0.25) is 0 Å². The predicted octanol–water partition coefficient (Wildman–Crippen LogP) is 3.90. The van der Waals surface area contributed by atoms with Gasteiger partial charge in [0, 0.05) is 0 Å². The van der Waals surface area contributed by atoms with Gasteiger partial charge in [-0.2, -0.15) is 0 Å². The van der Waals surface area contributed by atoms with Crippen LogP contribution < -0.4 is 5.73 Å². The molecule has 0 heterocycles. The van der Waals surface area contributed by atoms with Gasteiger partial charge in [0.1, 0.15) is 0 Å². The third-order valence-electron chi connectivity index (χ3n) is 2.98. The van der Waals surface area contributed by atoms with Crippen molar-refractivity contribution in [2.75, 3.05) is 13.2 Å². The monoisotopic (exact) mass is 285 g/mol. The Morgan fingerprint density at radius 2 is 1.45 bits per heavy atom. The molecule has 0 radical (unpaired) electrons. The topological polar surface area (TPSA) is 61.5 Å². The Labute approximate surface area is 123 Å². The number of esters is 1. The summed E-state index contributed by atoms with van der Waals surface area (Å²) < 4.78 is 10.2. The number of unbranched alkanes of at least 4 members (excludes halogenated alkanes) is 7. The molecule has 0 saturated heterocycles. The minimum atomic E-state index is -0.415. The lowest BCUT2D eigenvalue weighted by molar-refractivity contribution is -0.138. The van der Waals surface area contributed by atoms with E-state index in [0.29, 0.717) is 13.2 Å². The van der Waals surface area contributed by atoms with Crippen molar-refractivity contribution < 1.29 is 14.3 Å². The molecule has 0 aromatic rings. The van der Waals surface area contributed by atoms with Gasteiger partial charge >= 0.3 is 5.97 Å². The lowest BCUT2D eigenvalue weighted by Gasteiger charge is -2.05. The predicted molar refractivity (Wildman–Crippen MR) is 82.1 cm³/mol. The molecule has 0 aliphatic rings. The molecule has 0 aliphatic heterocycles. The van der Waals surface area contributed by atoms with Crippen LogP contribution >= 0.6 is 0 Å². The highest BCUT2D eigenvalue weighted by Crippen LogP contribution is 2.08. The van der Waals surface area contributed by atoms with Crippen LogP contribution in [0.25, 0.3) is 0 Å². The zero-order valence-corrected chi connectivity index (χ0v) is 13.2. The zero-order valence-electron chi connectivity index (χ0n) is 13.2. The number of carbonyl (C=O) groups is 1. The molecule has 0 aromatic heterocycles. The van der Waals surface area contributed by atoms with Crippen LogP contribution in [0.4, 0.5) is 0 Å². The molecular weight excluding hydrogens is 254 g/mol. The van der Waals surface area contributed by atoms with Crippen molar-refractivity contribution in [3.05, 3.63) is 12.0 Å². The smallest absolute Gasteiger partial charge is 0.336 e. The van der Waals surface area contributed by atoms with Gasteiger partial charge < -0.3 is 15.2 Å². The first-order valence-electron chi connectivity index (χ1n) is 7.97. The van der Waals surface area contributed by atoms with Crippen molar-refractivity contribution in [1.82, 2.24) is 0 Å². The Morgan fingerprint density at radius 3 is 2.05 bits per heavy atom. The molecule has 0 aromatic carbocycles. The Balaban J connectivity index is 3.39. The number of rotatable bonds is 13. The Morgan fingerprint density at radius 1 is 0.850 bits per heavy atom. The average molecular weight is 285 g/mol. The summed E-state index contributed by atoms with van der Waals surface area (Å²) in [7, 11) is 0. The fraction of sp³-hybridized carbons (Fsp3) is 0.812. The maximum atomic E-state index is 11.4. The summed E-state index contributed by atoms with van der Waals surface area (Å²) in [5, 5.41) is 0. The molecular formula is C16H31NO3. The second-order valence-electron chi connectivity index (χ2n) is 5.04. The van der Waals surface area contributed by atoms with Crippen LogP contribution in [-0.4, -0.2) is 19.2 Å². The molecule has 0 bridgehead atoms. The van der Waals surface area contributed by atoms with E-state index in [-0.39, 0.29) is 5.88 Å². The van der Waals surface area contributed by atoms with Crippen molar-refractivity contribution >= 4 is 5.97 Å². The van der Waals surface area contributed by atoms with E-state index in [1.807, 2.05) is 6.92 Å². The first-order chi connectivity index (χ1) is 9.70. The van der Waals surface area contributed by atoms with Gasteiger partial charge in [0.15, 0.2) is 5.88 Å². The van der Waals surface area contributed by atoms with Crippen molar-refractivity contribution in [2.24, 2.45) is 5.73 Å². The lowest BCUT2D eigenvalue weighted by Crippen LogP contribution is -2.09. The highest BCUT2D eigenvalue weighted by Gasteiger charge is 2.01. The zero-order chi connectivity index (χ0) is 15.1. The van der Waals surface area contributed by atoms with Crippen LogP contribution in [0, 0.1) is 0 Å². The third kappa shape index (κ3) is 13.2. The molecule has 0 aliphatic carbocycles. The summed E-state index contributed by atoms with van der Waals surface area (Å²) in [5.74, 6) is -0.283. The summed E-state index contributed by atoms with van der Waals surface area (Å²) in [6.45, 7) is 5.19. The molecule has 0 spiro atoms. The van der Waals surface area contributed by atoms with E-state index in [1.54, 1.807) is 0 Å². The number of ether oxygens (including phenoxy) is 2. The van der Waals surface area contributed by atoms with Crippen LogP contribution in [0.3, 0.4) is 0 Å². The van der Waals surface area contributed by atoms with E-state index in [1.165, 1.54) is 44.6 Å². The number of hydrogen-bond donors (Lipinski definition) is 1. The van der Waals surface area contributed by atoms with Crippen LogP contribution in [0.1, 0.15) is 71.6 Å². The molecule has 4 nitrogen and oxygen atoms in total. The molecule has 2 N–H and O–H groups in total. The first kappa shape index (κ1) is 18.8. The number of carbonyl (C=O) groups excluding carboxylic acids is 1. The summed E-state index contributed by atoms with van der Waals surface area (Å²) in [4.78, 5) is 11.4. The average Bonchev–Trinajstić information content (AvgIpc) is 2.43. The Hall–Kier alpha value is -1.19. The van der Waals surface area contributed by atoms with Crippen molar-refractivity contribution in [3.8, 4) is 0 Å². The molecule has 0 atom stereocenters. The fourth-order valence-electron chi connectivity index (χ4n) is 1.83. The molecule has 0 saturated carbocycles. The van der Waals surface area contributed by atoms with Gasteiger partial charge in [-0.1, -0.05) is 58.8 Å². The van der Waals surface area contributed by atoms with E-state index in [4.69, 9.17) is 15.2 Å². The molecule has 0 rings (SSSR count). The third-order valence-corrected chi connectivity index (χ3v) is 2.98. The quantitative estimate of drug-likeness (QED) is 0.241. The van der Waals surface area contributed by atoms with Crippen molar-refractivity contribution in [1.29, 1.82) is 0 Å². The van der Waals surface area contributed by atoms with Crippen LogP contribution in [0.15, 0.2) is 12.0 Å². The molecule has 0 fully saturated rings. The van der Waals surface area contributed by atoms with Crippen molar-refractivity contribution in [2.45, 2.75) is 71.6 Å². The normalized spacial score (nSPS) is 11.4. The number of hydrogen-bond acceptors (Lipinski definition) is 4.